The second kappa shape index (κ2) is 7.51. The molecule has 3 N–H and O–H groups in total. The van der Waals surface area contributed by atoms with E-state index in [2.05, 4.69) is 20.2 Å². The fourth-order valence-corrected chi connectivity index (χ4v) is 3.23. The Bertz CT molecular complexity index is 808. The highest BCUT2D eigenvalue weighted by atomic mass is 16.2. The second-order valence-electron chi connectivity index (χ2n) is 6.61. The fourth-order valence-electron chi connectivity index (χ4n) is 3.23. The van der Waals surface area contributed by atoms with E-state index in [1.54, 1.807) is 24.3 Å². The van der Waals surface area contributed by atoms with Gasteiger partial charge in [-0.2, -0.15) is 0 Å². The minimum atomic E-state index is -0.553. The predicted octanol–water partition coefficient (Wildman–Crippen LogP) is 2.05. The van der Waals surface area contributed by atoms with Crippen LogP contribution in [0.3, 0.4) is 0 Å². The minimum absolute atomic E-state index is 0.0836. The number of nitrogens with two attached hydrogens (primary N) is 1. The Labute approximate surface area is 152 Å². The Hall–Kier alpha value is -2.96. The standard InChI is InChI=1S/C19H23N5O2/c1-12-11-13(2)22-19(21-12)24-9-7-14(8-10-24)18(26)23-16-6-4-3-5-15(16)17(20)25/h3-6,11,14H,7-10H2,1-2H3,(H2,20,25)(H,23,26). The van der Waals surface area contributed by atoms with Gasteiger partial charge in [-0.15, -0.1) is 0 Å². The predicted molar refractivity (Wildman–Crippen MR) is 100 cm³/mol. The lowest BCUT2D eigenvalue weighted by Gasteiger charge is -2.31. The summed E-state index contributed by atoms with van der Waals surface area (Å²) in [4.78, 5) is 35.2. The molecule has 26 heavy (non-hydrogen) atoms. The van der Waals surface area contributed by atoms with Gasteiger partial charge in [0.15, 0.2) is 0 Å². The summed E-state index contributed by atoms with van der Waals surface area (Å²) < 4.78 is 0. The molecule has 2 amide bonds. The van der Waals surface area contributed by atoms with Crippen molar-refractivity contribution in [2.45, 2.75) is 26.7 Å². The van der Waals surface area contributed by atoms with Crippen molar-refractivity contribution >= 4 is 23.5 Å². The van der Waals surface area contributed by atoms with Crippen molar-refractivity contribution < 1.29 is 9.59 Å². The van der Waals surface area contributed by atoms with E-state index in [1.165, 1.54) is 0 Å². The molecule has 1 aromatic heterocycles. The van der Waals surface area contributed by atoms with Crippen LogP contribution in [0, 0.1) is 19.8 Å². The maximum Gasteiger partial charge on any atom is 0.250 e. The van der Waals surface area contributed by atoms with Crippen molar-refractivity contribution in [1.82, 2.24) is 9.97 Å². The van der Waals surface area contributed by atoms with E-state index in [0.717, 1.165) is 30.4 Å². The molecule has 136 valence electrons. The van der Waals surface area contributed by atoms with Crippen molar-refractivity contribution in [3.05, 3.63) is 47.3 Å². The van der Waals surface area contributed by atoms with Gasteiger partial charge in [0.2, 0.25) is 11.9 Å². The molecule has 1 saturated heterocycles. The maximum absolute atomic E-state index is 12.6. The minimum Gasteiger partial charge on any atom is -0.366 e. The van der Waals surface area contributed by atoms with Gasteiger partial charge < -0.3 is 16.0 Å². The lowest BCUT2D eigenvalue weighted by molar-refractivity contribution is -0.120. The Balaban J connectivity index is 1.63. The van der Waals surface area contributed by atoms with Crippen LogP contribution in [-0.2, 0) is 4.79 Å². The molecular weight excluding hydrogens is 330 g/mol. The molecule has 2 aromatic rings. The number of anilines is 2. The molecule has 0 spiro atoms. The number of nitrogens with zero attached hydrogens (tertiary/aromatic N) is 3. The number of amides is 2. The molecule has 0 unspecified atom stereocenters. The monoisotopic (exact) mass is 353 g/mol. The number of aromatic nitrogens is 2. The number of rotatable bonds is 4. The third kappa shape index (κ3) is 3.99. The number of nitrogens with one attached hydrogen (secondary N) is 1. The summed E-state index contributed by atoms with van der Waals surface area (Å²) in [5.41, 5.74) is 8.03. The van der Waals surface area contributed by atoms with Crippen molar-refractivity contribution in [1.29, 1.82) is 0 Å². The van der Waals surface area contributed by atoms with Gasteiger partial charge in [-0.3, -0.25) is 9.59 Å². The molecule has 7 heteroatoms. The van der Waals surface area contributed by atoms with Gasteiger partial charge in [0, 0.05) is 30.4 Å². The number of primary amides is 1. The van der Waals surface area contributed by atoms with Crippen LogP contribution in [0.15, 0.2) is 30.3 Å². The van der Waals surface area contributed by atoms with Crippen molar-refractivity contribution in [2.75, 3.05) is 23.3 Å². The Kier molecular flexibility index (Phi) is 5.16. The highest BCUT2D eigenvalue weighted by Gasteiger charge is 2.27. The molecule has 0 atom stereocenters. The molecule has 0 aliphatic carbocycles. The molecule has 0 radical (unpaired) electrons. The Morgan fingerprint density at radius 3 is 2.35 bits per heavy atom. The van der Waals surface area contributed by atoms with Crippen LogP contribution in [0.1, 0.15) is 34.6 Å². The maximum atomic E-state index is 12.6. The van der Waals surface area contributed by atoms with E-state index < -0.39 is 5.91 Å². The third-order valence-electron chi connectivity index (χ3n) is 4.57. The van der Waals surface area contributed by atoms with Crippen LogP contribution in [0.5, 0.6) is 0 Å². The lowest BCUT2D eigenvalue weighted by atomic mass is 9.96. The van der Waals surface area contributed by atoms with E-state index in [0.29, 0.717) is 24.1 Å². The van der Waals surface area contributed by atoms with Crippen LogP contribution < -0.4 is 16.0 Å². The van der Waals surface area contributed by atoms with Gasteiger partial charge in [-0.1, -0.05) is 12.1 Å². The van der Waals surface area contributed by atoms with Crippen molar-refractivity contribution in [3.63, 3.8) is 0 Å². The number of hydrogen-bond acceptors (Lipinski definition) is 5. The molecular formula is C19H23N5O2. The number of para-hydroxylation sites is 1. The van der Waals surface area contributed by atoms with Crippen LogP contribution in [0.2, 0.25) is 0 Å². The second-order valence-corrected chi connectivity index (χ2v) is 6.61. The molecule has 2 heterocycles. The lowest BCUT2D eigenvalue weighted by Crippen LogP contribution is -2.39. The van der Waals surface area contributed by atoms with Crippen molar-refractivity contribution in [3.8, 4) is 0 Å². The largest absolute Gasteiger partial charge is 0.366 e. The molecule has 0 bridgehead atoms. The SMILES string of the molecule is Cc1cc(C)nc(N2CCC(C(=O)Nc3ccccc3C(N)=O)CC2)n1. The Morgan fingerprint density at radius 2 is 1.73 bits per heavy atom. The van der Waals surface area contributed by atoms with Crippen LogP contribution in [0.25, 0.3) is 0 Å². The molecule has 1 fully saturated rings. The van der Waals surface area contributed by atoms with E-state index in [9.17, 15) is 9.59 Å². The zero-order valence-electron chi connectivity index (χ0n) is 15.0. The van der Waals surface area contributed by atoms with Gasteiger partial charge in [0.1, 0.15) is 0 Å². The van der Waals surface area contributed by atoms with E-state index in [4.69, 9.17) is 5.73 Å². The summed E-state index contributed by atoms with van der Waals surface area (Å²) in [5, 5.41) is 2.84. The van der Waals surface area contributed by atoms with Gasteiger partial charge in [-0.25, -0.2) is 9.97 Å². The smallest absolute Gasteiger partial charge is 0.250 e. The summed E-state index contributed by atoms with van der Waals surface area (Å²) in [7, 11) is 0. The van der Waals surface area contributed by atoms with Gasteiger partial charge in [0.05, 0.1) is 11.3 Å². The van der Waals surface area contributed by atoms with Crippen molar-refractivity contribution in [2.24, 2.45) is 11.7 Å². The molecule has 7 nitrogen and oxygen atoms in total. The number of hydrogen-bond donors (Lipinski definition) is 2. The Morgan fingerprint density at radius 1 is 1.12 bits per heavy atom. The van der Waals surface area contributed by atoms with E-state index >= 15 is 0 Å². The van der Waals surface area contributed by atoms with Gasteiger partial charge >= 0.3 is 0 Å². The molecule has 1 aromatic carbocycles. The first kappa shape index (κ1) is 17.8. The van der Waals surface area contributed by atoms with Crippen LogP contribution in [-0.4, -0.2) is 34.9 Å². The number of aryl methyl sites for hydroxylation is 2. The summed E-state index contributed by atoms with van der Waals surface area (Å²) in [6, 6.07) is 8.73. The normalized spacial score (nSPS) is 14.9. The number of carbonyl (C=O) groups excluding carboxylic acids is 2. The highest BCUT2D eigenvalue weighted by Crippen LogP contribution is 2.23. The fraction of sp³-hybridized carbons (Fsp3) is 0.368. The summed E-state index contributed by atoms with van der Waals surface area (Å²) in [6.07, 6.45) is 1.42. The zero-order chi connectivity index (χ0) is 18.7. The first-order chi connectivity index (χ1) is 12.4. The van der Waals surface area contributed by atoms with Gasteiger partial charge in [0.25, 0.3) is 5.91 Å². The summed E-state index contributed by atoms with van der Waals surface area (Å²) >= 11 is 0. The number of carbonyl (C=O) groups is 2. The topological polar surface area (TPSA) is 101 Å². The van der Waals surface area contributed by atoms with E-state index in [-0.39, 0.29) is 11.8 Å². The molecule has 1 aliphatic rings. The molecule has 0 saturated carbocycles. The number of piperidine rings is 1. The van der Waals surface area contributed by atoms with Crippen LogP contribution in [0.4, 0.5) is 11.6 Å². The average Bonchev–Trinajstić information content (AvgIpc) is 2.61. The van der Waals surface area contributed by atoms with E-state index in [1.807, 2.05) is 19.9 Å². The molecule has 1 aliphatic heterocycles. The van der Waals surface area contributed by atoms with Crippen LogP contribution >= 0.6 is 0 Å². The third-order valence-corrected chi connectivity index (χ3v) is 4.57. The average molecular weight is 353 g/mol. The zero-order valence-corrected chi connectivity index (χ0v) is 15.0. The molecule has 3 rings (SSSR count). The summed E-state index contributed by atoms with van der Waals surface area (Å²) in [6.45, 7) is 5.35. The quantitative estimate of drug-likeness (QED) is 0.876. The van der Waals surface area contributed by atoms with Gasteiger partial charge in [-0.05, 0) is 44.9 Å². The number of benzene rings is 1. The summed E-state index contributed by atoms with van der Waals surface area (Å²) in [5.74, 6) is -0.0269. The first-order valence-corrected chi connectivity index (χ1v) is 8.71. The first-order valence-electron chi connectivity index (χ1n) is 8.71. The highest BCUT2D eigenvalue weighted by molar-refractivity contribution is 6.03.